The fourth-order valence-electron chi connectivity index (χ4n) is 7.60. The maximum Gasteiger partial charge on any atom is 0.265 e. The van der Waals surface area contributed by atoms with Crippen molar-refractivity contribution in [3.8, 4) is 23.6 Å². The second-order valence-corrected chi connectivity index (χ2v) is 14.5. The third kappa shape index (κ3) is 5.39. The Morgan fingerprint density at radius 3 is 2.54 bits per heavy atom. The van der Waals surface area contributed by atoms with Gasteiger partial charge in [-0.15, -0.1) is 11.3 Å². The molecule has 0 amide bonds. The number of anilines is 1. The molecule has 12 nitrogen and oxygen atoms in total. The first kappa shape index (κ1) is 32.5. The molecule has 2 aliphatic heterocycles. The van der Waals surface area contributed by atoms with Gasteiger partial charge >= 0.3 is 0 Å². The van der Waals surface area contributed by atoms with Crippen LogP contribution >= 0.6 is 11.3 Å². The summed E-state index contributed by atoms with van der Waals surface area (Å²) in [7, 11) is 7.61. The van der Waals surface area contributed by atoms with Crippen LogP contribution in [-0.4, -0.2) is 97.9 Å². The molecule has 2 aromatic heterocycles. The zero-order chi connectivity index (χ0) is 32.8. The molecule has 2 aromatic rings. The first-order valence-electron chi connectivity index (χ1n) is 16.1. The topological polar surface area (TPSA) is 162 Å². The highest BCUT2D eigenvalue weighted by Gasteiger charge is 2.50. The number of methoxy groups -OCH3 is 1. The molecule has 248 valence electrons. The lowest BCUT2D eigenvalue weighted by Crippen LogP contribution is -2.63. The minimum Gasteiger partial charge on any atom is -0.487 e. The third-order valence-corrected chi connectivity index (χ3v) is 11.6. The number of fused-ring (bicyclic) bond motifs is 2. The number of hydrogen-bond acceptors (Lipinski definition) is 13. The van der Waals surface area contributed by atoms with Gasteiger partial charge in [-0.05, 0) is 91.5 Å². The number of likely N-dealkylation sites (tertiary alicyclic amines) is 1. The predicted octanol–water partition coefficient (Wildman–Crippen LogP) is 3.27. The molecule has 2 saturated heterocycles. The number of ether oxygens (including phenoxy) is 4. The lowest BCUT2D eigenvalue weighted by molar-refractivity contribution is -0.141. The molecule has 1 spiro atoms. The van der Waals surface area contributed by atoms with Gasteiger partial charge in [-0.2, -0.15) is 15.2 Å². The monoisotopic (exact) mass is 651 g/mol. The van der Waals surface area contributed by atoms with E-state index in [-0.39, 0.29) is 52.5 Å². The van der Waals surface area contributed by atoms with E-state index in [1.165, 1.54) is 18.4 Å². The Balaban J connectivity index is 1.42. The lowest BCUT2D eigenvalue weighted by atomic mass is 9.61. The van der Waals surface area contributed by atoms with Crippen molar-refractivity contribution < 1.29 is 23.7 Å². The van der Waals surface area contributed by atoms with Gasteiger partial charge in [0.2, 0.25) is 5.75 Å². The number of carbonyl (C=O) groups excluding carboxylic acids is 1. The quantitative estimate of drug-likeness (QED) is 0.381. The number of rotatable bonds is 9. The van der Waals surface area contributed by atoms with E-state index in [9.17, 15) is 10.1 Å². The van der Waals surface area contributed by atoms with Gasteiger partial charge in [-0.3, -0.25) is 14.6 Å². The van der Waals surface area contributed by atoms with Crippen LogP contribution in [0, 0.1) is 11.3 Å². The Hall–Kier alpha value is -3.44. The first-order chi connectivity index (χ1) is 22.0. The van der Waals surface area contributed by atoms with E-state index in [1.54, 1.807) is 0 Å². The van der Waals surface area contributed by atoms with E-state index in [4.69, 9.17) is 40.4 Å². The molecule has 4 N–H and O–H groups in total. The number of nitrogens with zero attached hydrogens (tertiary/aromatic N) is 5. The van der Waals surface area contributed by atoms with Gasteiger partial charge in [0.05, 0.1) is 37.0 Å². The molecule has 0 radical (unpaired) electrons. The van der Waals surface area contributed by atoms with Gasteiger partial charge in [0.25, 0.3) is 11.8 Å². The number of hydrogen-bond donors (Lipinski definition) is 2. The van der Waals surface area contributed by atoms with Crippen LogP contribution in [0.2, 0.25) is 0 Å². The number of aryl methyl sites for hydroxylation is 1. The number of Topliss-reactive ketones (excluding diaryl/α,β-unsaturated/α-hetero) is 1. The van der Waals surface area contributed by atoms with Crippen LogP contribution in [0.3, 0.4) is 0 Å². The first-order valence-corrected chi connectivity index (χ1v) is 16.9. The molecule has 6 rings (SSSR count). The molecule has 0 unspecified atom stereocenters. The van der Waals surface area contributed by atoms with Crippen molar-refractivity contribution in [1.29, 1.82) is 5.26 Å². The summed E-state index contributed by atoms with van der Waals surface area (Å²) in [5, 5.41) is 10.5. The zero-order valence-corrected chi connectivity index (χ0v) is 28.3. The van der Waals surface area contributed by atoms with Crippen LogP contribution < -0.4 is 25.7 Å². The second-order valence-electron chi connectivity index (χ2n) is 13.4. The van der Waals surface area contributed by atoms with E-state index in [2.05, 4.69) is 22.9 Å². The minimum absolute atomic E-state index is 0.0741. The van der Waals surface area contributed by atoms with E-state index < -0.39 is 5.41 Å². The van der Waals surface area contributed by atoms with Crippen molar-refractivity contribution in [1.82, 2.24) is 19.8 Å². The highest BCUT2D eigenvalue weighted by Crippen LogP contribution is 2.52. The van der Waals surface area contributed by atoms with Gasteiger partial charge in [0.1, 0.15) is 29.3 Å². The van der Waals surface area contributed by atoms with Gasteiger partial charge in [-0.25, -0.2) is 0 Å². The summed E-state index contributed by atoms with van der Waals surface area (Å²) in [4.78, 5) is 29.5. The fraction of sp³-hybridized carbons (Fsp3) is 0.636. The lowest BCUT2D eigenvalue weighted by Gasteiger charge is -2.45. The summed E-state index contributed by atoms with van der Waals surface area (Å²) >= 11 is 1.43. The van der Waals surface area contributed by atoms with Crippen LogP contribution in [0.25, 0.3) is 5.70 Å². The van der Waals surface area contributed by atoms with Crippen molar-refractivity contribution in [3.05, 3.63) is 27.4 Å². The third-order valence-electron chi connectivity index (χ3n) is 10.5. The highest BCUT2D eigenvalue weighted by atomic mass is 32.1. The number of ketones is 1. The molecule has 4 heterocycles. The predicted molar refractivity (Wildman–Crippen MR) is 175 cm³/mol. The van der Waals surface area contributed by atoms with Crippen molar-refractivity contribution in [2.75, 3.05) is 60.4 Å². The van der Waals surface area contributed by atoms with Crippen molar-refractivity contribution in [3.63, 3.8) is 0 Å². The molecule has 0 aromatic carbocycles. The van der Waals surface area contributed by atoms with Gasteiger partial charge < -0.3 is 30.4 Å². The van der Waals surface area contributed by atoms with Crippen LogP contribution in [0.4, 0.5) is 5.00 Å². The standard InChI is InChI=1S/C33H45N7O5S/c1-19(22-10-8-14-40(22)4)45-31-26(42-5)30(44-18-32(39(2)3)16-43-17-32)37-29(38-31)25(35)20-9-6-12-33(27(20)41)13-7-11-23-24(33)21(15-34)28(36)46-23/h19,22H,6-14,16-18,35-36H2,1-5H3/b25-20-/t19-,22-,33-/m0/s1. The SMILES string of the molecule is COc1c(OCC2(N(C)C)COC2)nc(/C(N)=C2\CCC[C@@]3(CCCc4sc(N)c(C#N)c43)C2=O)nc1O[C@@H](C)[C@@H]1CCCN1C. The molecule has 2 aliphatic carbocycles. The summed E-state index contributed by atoms with van der Waals surface area (Å²) in [6.07, 6.45) is 6.07. The summed E-state index contributed by atoms with van der Waals surface area (Å²) < 4.78 is 24.2. The van der Waals surface area contributed by atoms with Gasteiger partial charge in [-0.1, -0.05) is 0 Å². The summed E-state index contributed by atoms with van der Waals surface area (Å²) in [6, 6.07) is 2.49. The van der Waals surface area contributed by atoms with Crippen molar-refractivity contribution in [2.24, 2.45) is 5.73 Å². The number of allylic oxidation sites excluding steroid dienone is 1. The molecular weight excluding hydrogens is 606 g/mol. The number of nitrogen functional groups attached to an aromatic ring is 1. The van der Waals surface area contributed by atoms with Crippen LogP contribution in [0.5, 0.6) is 17.5 Å². The average molecular weight is 652 g/mol. The van der Waals surface area contributed by atoms with Crippen molar-refractivity contribution >= 4 is 27.8 Å². The summed E-state index contributed by atoms with van der Waals surface area (Å²) in [5.41, 5.74) is 13.9. The molecule has 4 aliphatic rings. The maximum absolute atomic E-state index is 14.6. The number of likely N-dealkylation sites (N-methyl/N-ethyl adjacent to an activating group) is 2. The maximum atomic E-state index is 14.6. The molecule has 46 heavy (non-hydrogen) atoms. The smallest absolute Gasteiger partial charge is 0.265 e. The van der Waals surface area contributed by atoms with Crippen LogP contribution in [0.1, 0.15) is 73.7 Å². The summed E-state index contributed by atoms with van der Waals surface area (Å²) in [6.45, 7) is 4.37. The van der Waals surface area contributed by atoms with Gasteiger partial charge in [0, 0.05) is 16.5 Å². The fourth-order valence-corrected chi connectivity index (χ4v) is 8.76. The number of nitrogens with two attached hydrogens (primary N) is 2. The van der Waals surface area contributed by atoms with Gasteiger partial charge in [0.15, 0.2) is 11.6 Å². The normalized spacial score (nSPS) is 25.9. The Bertz CT molecular complexity index is 1580. The molecule has 13 heteroatoms. The number of carbonyl (C=O) groups is 1. The van der Waals surface area contributed by atoms with E-state index >= 15 is 0 Å². The number of nitriles is 1. The number of thiophene rings is 1. The van der Waals surface area contributed by atoms with Crippen LogP contribution in [0.15, 0.2) is 5.57 Å². The molecular formula is C33H45N7O5S. The van der Waals surface area contributed by atoms with E-state index in [0.717, 1.165) is 49.1 Å². The Morgan fingerprint density at radius 1 is 1.22 bits per heavy atom. The Morgan fingerprint density at radius 2 is 1.93 bits per heavy atom. The molecule has 1 saturated carbocycles. The molecule has 3 fully saturated rings. The minimum atomic E-state index is -0.833. The van der Waals surface area contributed by atoms with Crippen molar-refractivity contribution in [2.45, 2.75) is 81.4 Å². The average Bonchev–Trinajstić information content (AvgIpc) is 3.59. The van der Waals surface area contributed by atoms with E-state index in [0.29, 0.717) is 55.2 Å². The number of aromatic nitrogens is 2. The summed E-state index contributed by atoms with van der Waals surface area (Å²) in [5.74, 6) is 0.775. The molecule has 0 bridgehead atoms. The Kier molecular flexibility index (Phi) is 8.93. The second kappa shape index (κ2) is 12.6. The van der Waals surface area contributed by atoms with Crippen LogP contribution in [-0.2, 0) is 21.4 Å². The molecule has 3 atom stereocenters. The Labute approximate surface area is 274 Å². The largest absolute Gasteiger partial charge is 0.487 e. The highest BCUT2D eigenvalue weighted by molar-refractivity contribution is 7.16. The van der Waals surface area contributed by atoms with E-state index in [1.807, 2.05) is 21.0 Å². The zero-order valence-electron chi connectivity index (χ0n) is 27.5.